The van der Waals surface area contributed by atoms with Crippen molar-refractivity contribution >= 4 is 16.1 Å². The summed E-state index contributed by atoms with van der Waals surface area (Å²) in [6, 6.07) is 18.2. The van der Waals surface area contributed by atoms with Gasteiger partial charge in [0.25, 0.3) is 0 Å². The predicted molar refractivity (Wildman–Crippen MR) is 156 cm³/mol. The fraction of sp³-hybridized carbons (Fsp3) is 0.406. The van der Waals surface area contributed by atoms with E-state index in [-0.39, 0.29) is 5.41 Å². The van der Waals surface area contributed by atoms with Crippen LogP contribution in [-0.2, 0) is 33.3 Å². The van der Waals surface area contributed by atoms with Crippen molar-refractivity contribution in [3.8, 4) is 11.1 Å². The molecular weight excluding hydrogens is 508 g/mol. The van der Waals surface area contributed by atoms with E-state index >= 15 is 0 Å². The number of amides is 1. The zero-order valence-electron chi connectivity index (χ0n) is 24.3. The molecule has 1 aliphatic heterocycles. The standard InChI is InChI=1S/C32H40N2O4S/c1-21-14-22(2)29(23(3)15-21)39(36,37)34-19-27-13-12-26(17-28(27)32(7,8)20-34)25-11-9-10-24(16-25)18-33-30(35)38-31(4,5)6/h9-17H,18-20H2,1-8H3,(H,33,35). The highest BCUT2D eigenvalue weighted by Gasteiger charge is 2.39. The van der Waals surface area contributed by atoms with Gasteiger partial charge in [-0.1, -0.05) is 67.9 Å². The van der Waals surface area contributed by atoms with E-state index in [0.29, 0.717) is 24.5 Å². The Balaban J connectivity index is 1.59. The highest BCUT2D eigenvalue weighted by molar-refractivity contribution is 7.89. The van der Waals surface area contributed by atoms with Crippen molar-refractivity contribution in [1.82, 2.24) is 9.62 Å². The van der Waals surface area contributed by atoms with Crippen molar-refractivity contribution in [1.29, 1.82) is 0 Å². The highest BCUT2D eigenvalue weighted by atomic mass is 32.2. The Morgan fingerprint density at radius 3 is 2.26 bits per heavy atom. The zero-order chi connectivity index (χ0) is 28.8. The molecule has 208 valence electrons. The van der Waals surface area contributed by atoms with E-state index in [1.165, 1.54) is 0 Å². The zero-order valence-corrected chi connectivity index (χ0v) is 25.1. The Hall–Kier alpha value is -3.16. The van der Waals surface area contributed by atoms with E-state index in [1.54, 1.807) is 4.31 Å². The molecule has 1 heterocycles. The molecule has 39 heavy (non-hydrogen) atoms. The molecule has 0 unspecified atom stereocenters. The lowest BCUT2D eigenvalue weighted by Crippen LogP contribution is -2.45. The van der Waals surface area contributed by atoms with Gasteiger partial charge in [0.1, 0.15) is 5.60 Å². The summed E-state index contributed by atoms with van der Waals surface area (Å²) in [7, 11) is -3.66. The maximum absolute atomic E-state index is 13.8. The van der Waals surface area contributed by atoms with E-state index in [9.17, 15) is 13.2 Å². The van der Waals surface area contributed by atoms with Crippen molar-refractivity contribution in [2.24, 2.45) is 0 Å². The maximum atomic E-state index is 13.8. The molecule has 4 rings (SSSR count). The fourth-order valence-electron chi connectivity index (χ4n) is 5.52. The molecule has 0 spiro atoms. The first-order chi connectivity index (χ1) is 18.1. The molecule has 0 aliphatic carbocycles. The first kappa shape index (κ1) is 28.8. The van der Waals surface area contributed by atoms with Crippen molar-refractivity contribution in [2.75, 3.05) is 6.54 Å². The molecule has 1 aliphatic rings. The van der Waals surface area contributed by atoms with Gasteiger partial charge in [0.2, 0.25) is 10.0 Å². The molecule has 0 saturated carbocycles. The van der Waals surface area contributed by atoms with Crippen LogP contribution in [0.15, 0.2) is 59.5 Å². The van der Waals surface area contributed by atoms with Crippen LogP contribution < -0.4 is 5.32 Å². The summed E-state index contributed by atoms with van der Waals surface area (Å²) in [5, 5.41) is 2.82. The lowest BCUT2D eigenvalue weighted by atomic mass is 9.78. The Kier molecular flexibility index (Phi) is 7.71. The minimum Gasteiger partial charge on any atom is -0.444 e. The fourth-order valence-corrected chi connectivity index (χ4v) is 7.51. The maximum Gasteiger partial charge on any atom is 0.407 e. The molecule has 0 bridgehead atoms. The van der Waals surface area contributed by atoms with Crippen LogP contribution in [0, 0.1) is 20.8 Å². The van der Waals surface area contributed by atoms with Crippen LogP contribution in [0.25, 0.3) is 11.1 Å². The molecule has 6 nitrogen and oxygen atoms in total. The molecular formula is C32H40N2O4S. The average molecular weight is 549 g/mol. The van der Waals surface area contributed by atoms with Gasteiger partial charge in [0.15, 0.2) is 0 Å². The molecule has 3 aromatic carbocycles. The first-order valence-electron chi connectivity index (χ1n) is 13.3. The van der Waals surface area contributed by atoms with Crippen molar-refractivity contribution in [3.05, 3.63) is 88.0 Å². The number of sulfonamides is 1. The van der Waals surface area contributed by atoms with Crippen LogP contribution in [0.2, 0.25) is 0 Å². The minimum absolute atomic E-state index is 0.341. The molecule has 0 saturated heterocycles. The van der Waals surface area contributed by atoms with E-state index < -0.39 is 21.7 Å². The normalized spacial score (nSPS) is 15.5. The van der Waals surface area contributed by atoms with Crippen LogP contribution in [-0.4, -0.2) is 31.0 Å². The third kappa shape index (κ3) is 6.36. The van der Waals surface area contributed by atoms with Crippen molar-refractivity contribution in [2.45, 2.75) is 84.4 Å². The van der Waals surface area contributed by atoms with E-state index in [1.807, 2.05) is 77.9 Å². The van der Waals surface area contributed by atoms with Gasteiger partial charge in [0.05, 0.1) is 4.90 Å². The largest absolute Gasteiger partial charge is 0.444 e. The van der Waals surface area contributed by atoms with Gasteiger partial charge in [-0.25, -0.2) is 13.2 Å². The van der Waals surface area contributed by atoms with Gasteiger partial charge in [-0.3, -0.25) is 0 Å². The van der Waals surface area contributed by atoms with Gasteiger partial charge in [0, 0.05) is 25.0 Å². The Bertz CT molecular complexity index is 1490. The predicted octanol–water partition coefficient (Wildman–Crippen LogP) is 6.79. The Morgan fingerprint density at radius 1 is 0.974 bits per heavy atom. The number of carbonyl (C=O) groups is 1. The van der Waals surface area contributed by atoms with Gasteiger partial charge in [-0.05, 0) is 86.6 Å². The van der Waals surface area contributed by atoms with Gasteiger partial charge in [-0.2, -0.15) is 4.31 Å². The number of rotatable bonds is 5. The summed E-state index contributed by atoms with van der Waals surface area (Å²) in [5.41, 5.74) is 6.94. The topological polar surface area (TPSA) is 75.7 Å². The second kappa shape index (κ2) is 10.4. The monoisotopic (exact) mass is 548 g/mol. The van der Waals surface area contributed by atoms with Crippen LogP contribution in [0.3, 0.4) is 0 Å². The second-order valence-electron chi connectivity index (χ2n) is 12.3. The second-order valence-corrected chi connectivity index (χ2v) is 14.2. The lowest BCUT2D eigenvalue weighted by Gasteiger charge is -2.40. The molecule has 0 atom stereocenters. The first-order valence-corrected chi connectivity index (χ1v) is 14.8. The summed E-state index contributed by atoms with van der Waals surface area (Å²) in [5.74, 6) is 0. The minimum atomic E-state index is -3.66. The molecule has 1 amide bonds. The summed E-state index contributed by atoms with van der Waals surface area (Å²) in [6.45, 7) is 16.6. The van der Waals surface area contributed by atoms with E-state index in [0.717, 1.165) is 44.5 Å². The summed E-state index contributed by atoms with van der Waals surface area (Å²) < 4.78 is 34.6. The van der Waals surface area contributed by atoms with E-state index in [4.69, 9.17) is 4.74 Å². The van der Waals surface area contributed by atoms with Gasteiger partial charge >= 0.3 is 6.09 Å². The van der Waals surface area contributed by atoms with Gasteiger partial charge < -0.3 is 10.1 Å². The number of benzene rings is 3. The number of hydrogen-bond donors (Lipinski definition) is 1. The third-order valence-electron chi connectivity index (χ3n) is 7.06. The Labute approximate surface area is 233 Å². The van der Waals surface area contributed by atoms with Crippen LogP contribution in [0.5, 0.6) is 0 Å². The number of fused-ring (bicyclic) bond motifs is 1. The summed E-state index contributed by atoms with van der Waals surface area (Å²) >= 11 is 0. The molecule has 0 fully saturated rings. The Morgan fingerprint density at radius 2 is 1.62 bits per heavy atom. The number of aryl methyl sites for hydroxylation is 3. The molecule has 1 N–H and O–H groups in total. The van der Waals surface area contributed by atoms with Crippen molar-refractivity contribution in [3.63, 3.8) is 0 Å². The third-order valence-corrected chi connectivity index (χ3v) is 9.15. The molecule has 0 aromatic heterocycles. The number of nitrogens with zero attached hydrogens (tertiary/aromatic N) is 1. The van der Waals surface area contributed by atoms with Crippen LogP contribution in [0.4, 0.5) is 4.79 Å². The molecule has 0 radical (unpaired) electrons. The SMILES string of the molecule is Cc1cc(C)c(S(=O)(=O)N2Cc3ccc(-c4cccc(CNC(=O)OC(C)(C)C)c4)cc3C(C)(C)C2)c(C)c1. The quantitative estimate of drug-likeness (QED) is 0.381. The molecule has 7 heteroatoms. The van der Waals surface area contributed by atoms with Crippen LogP contribution >= 0.6 is 0 Å². The van der Waals surface area contributed by atoms with Gasteiger partial charge in [-0.15, -0.1) is 0 Å². The number of alkyl carbamates (subject to hydrolysis) is 1. The number of carbonyl (C=O) groups excluding carboxylic acids is 1. The number of hydrogen-bond acceptors (Lipinski definition) is 4. The number of nitrogens with one attached hydrogen (secondary N) is 1. The number of ether oxygens (including phenoxy) is 1. The average Bonchev–Trinajstić information content (AvgIpc) is 2.80. The summed E-state index contributed by atoms with van der Waals surface area (Å²) in [4.78, 5) is 12.5. The highest BCUT2D eigenvalue weighted by Crippen LogP contribution is 2.39. The lowest BCUT2D eigenvalue weighted by molar-refractivity contribution is 0.0523. The van der Waals surface area contributed by atoms with Crippen molar-refractivity contribution < 1.29 is 17.9 Å². The van der Waals surface area contributed by atoms with Crippen LogP contribution in [0.1, 0.15) is 68.0 Å². The van der Waals surface area contributed by atoms with E-state index in [2.05, 4.69) is 37.4 Å². The summed E-state index contributed by atoms with van der Waals surface area (Å²) in [6.07, 6.45) is -0.445. The molecule has 3 aromatic rings. The smallest absolute Gasteiger partial charge is 0.407 e.